The number of allylic oxidation sites excluding steroid dienone is 5. The van der Waals surface area contributed by atoms with Crippen LogP contribution < -0.4 is 9.64 Å². The molecule has 0 aliphatic carbocycles. The van der Waals surface area contributed by atoms with Crippen molar-refractivity contribution in [1.82, 2.24) is 0 Å². The summed E-state index contributed by atoms with van der Waals surface area (Å²) in [5.41, 5.74) is 1.18. The number of benzene rings is 3. The van der Waals surface area contributed by atoms with Gasteiger partial charge in [-0.2, -0.15) is 13.7 Å². The van der Waals surface area contributed by atoms with Crippen molar-refractivity contribution in [1.29, 1.82) is 10.5 Å². The molecule has 38 heavy (non-hydrogen) atoms. The van der Waals surface area contributed by atoms with E-state index < -0.39 is 15.9 Å². The second-order valence-corrected chi connectivity index (χ2v) is 10.2. The second-order valence-electron chi connectivity index (χ2n) is 8.18. The predicted octanol–water partition coefficient (Wildman–Crippen LogP) is 6.12. The van der Waals surface area contributed by atoms with E-state index in [1.165, 1.54) is 12.2 Å². The van der Waals surface area contributed by atoms with Crippen LogP contribution in [0.1, 0.15) is 12.0 Å². The fourth-order valence-corrected chi connectivity index (χ4v) is 4.81. The van der Waals surface area contributed by atoms with E-state index in [1.807, 2.05) is 36.4 Å². The minimum absolute atomic E-state index is 0.0666. The largest absolute Gasteiger partial charge is 0.439 e. The second kappa shape index (κ2) is 11.2. The number of hydrogen-bond donors (Lipinski definition) is 1. The van der Waals surface area contributed by atoms with Crippen molar-refractivity contribution in [3.8, 4) is 17.9 Å². The monoisotopic (exact) mass is 542 g/mol. The lowest BCUT2D eigenvalue weighted by molar-refractivity contribution is 0.437. The Morgan fingerprint density at radius 2 is 1.89 bits per heavy atom. The summed E-state index contributed by atoms with van der Waals surface area (Å²) in [5.74, 6) is 0.309. The van der Waals surface area contributed by atoms with Gasteiger partial charge in [-0.25, -0.2) is 10.1 Å². The number of ether oxygens (including phenoxy) is 1. The van der Waals surface area contributed by atoms with Gasteiger partial charge in [0, 0.05) is 23.2 Å². The molecule has 0 spiro atoms. The molecule has 0 aromatic heterocycles. The van der Waals surface area contributed by atoms with Crippen LogP contribution in [-0.2, 0) is 10.1 Å². The van der Waals surface area contributed by atoms with Gasteiger partial charge in [0.1, 0.15) is 0 Å². The topological polar surface area (TPSA) is 119 Å². The molecule has 1 N–H and O–H groups in total. The highest BCUT2D eigenvalue weighted by Gasteiger charge is 2.27. The number of anilines is 1. The Balaban J connectivity index is 1.81. The number of hydrogen-bond acceptors (Lipinski definition) is 6. The SMILES string of the molecule is [C-]#[N+]/C(C#N)=C(/C(C#N)=C/C=C1\Oc2ccc(Cl)cc2N1CCCS(=O)(=O)O)c1cccc2ccccc12. The van der Waals surface area contributed by atoms with E-state index in [-0.39, 0.29) is 35.7 Å². The van der Waals surface area contributed by atoms with Gasteiger partial charge in [0.05, 0.1) is 35.7 Å². The molecule has 1 aliphatic rings. The first kappa shape index (κ1) is 26.5. The number of rotatable bonds is 7. The minimum atomic E-state index is -4.16. The lowest BCUT2D eigenvalue weighted by Crippen LogP contribution is -2.23. The summed E-state index contributed by atoms with van der Waals surface area (Å²) in [6, 6.07) is 21.9. The average molecular weight is 543 g/mol. The molecular weight excluding hydrogens is 524 g/mol. The Kier molecular flexibility index (Phi) is 7.81. The molecule has 1 aliphatic heterocycles. The lowest BCUT2D eigenvalue weighted by atomic mass is 9.92. The zero-order valence-corrected chi connectivity index (χ0v) is 21.4. The Morgan fingerprint density at radius 1 is 1.13 bits per heavy atom. The van der Waals surface area contributed by atoms with Crippen molar-refractivity contribution in [3.05, 3.63) is 112 Å². The van der Waals surface area contributed by atoms with Crippen molar-refractivity contribution < 1.29 is 17.7 Å². The maximum Gasteiger partial charge on any atom is 0.270 e. The summed E-state index contributed by atoms with van der Waals surface area (Å²) >= 11 is 6.16. The minimum Gasteiger partial charge on any atom is -0.439 e. The molecule has 0 amide bonds. The molecule has 0 unspecified atom stereocenters. The summed E-state index contributed by atoms with van der Waals surface area (Å²) in [4.78, 5) is 5.06. The van der Waals surface area contributed by atoms with E-state index in [4.69, 9.17) is 27.5 Å². The molecule has 0 saturated heterocycles. The number of nitriles is 2. The van der Waals surface area contributed by atoms with E-state index in [0.29, 0.717) is 22.0 Å². The average Bonchev–Trinajstić information content (AvgIpc) is 3.24. The lowest BCUT2D eigenvalue weighted by Gasteiger charge is -2.18. The fourth-order valence-electron chi connectivity index (χ4n) is 4.15. The van der Waals surface area contributed by atoms with Crippen LogP contribution in [0.5, 0.6) is 5.75 Å². The molecule has 3 aromatic carbocycles. The van der Waals surface area contributed by atoms with Gasteiger partial charge >= 0.3 is 0 Å². The predicted molar refractivity (Wildman–Crippen MR) is 145 cm³/mol. The van der Waals surface area contributed by atoms with Crippen LogP contribution in [-0.4, -0.2) is 25.3 Å². The van der Waals surface area contributed by atoms with Crippen molar-refractivity contribution in [3.63, 3.8) is 0 Å². The first-order chi connectivity index (χ1) is 18.3. The van der Waals surface area contributed by atoms with Gasteiger partial charge in [-0.3, -0.25) is 4.55 Å². The summed E-state index contributed by atoms with van der Waals surface area (Å²) in [5, 5.41) is 21.9. The first-order valence-electron chi connectivity index (χ1n) is 11.3. The molecule has 4 rings (SSSR count). The van der Waals surface area contributed by atoms with Gasteiger partial charge in [0.15, 0.2) is 5.75 Å². The third kappa shape index (κ3) is 5.70. The fraction of sp³-hybridized carbons (Fsp3) is 0.107. The smallest absolute Gasteiger partial charge is 0.270 e. The van der Waals surface area contributed by atoms with Crippen molar-refractivity contribution in [2.45, 2.75) is 6.42 Å². The van der Waals surface area contributed by atoms with E-state index in [1.54, 1.807) is 35.2 Å². The maximum atomic E-state index is 11.2. The van der Waals surface area contributed by atoms with Crippen molar-refractivity contribution in [2.24, 2.45) is 0 Å². The number of nitrogens with zero attached hydrogens (tertiary/aromatic N) is 4. The Labute approximate surface area is 225 Å². The Morgan fingerprint density at radius 3 is 2.61 bits per heavy atom. The molecule has 8 nitrogen and oxygen atoms in total. The maximum absolute atomic E-state index is 11.2. The molecule has 10 heteroatoms. The number of halogens is 1. The van der Waals surface area contributed by atoms with E-state index in [2.05, 4.69) is 10.9 Å². The van der Waals surface area contributed by atoms with Crippen molar-refractivity contribution in [2.75, 3.05) is 17.2 Å². The van der Waals surface area contributed by atoms with E-state index in [0.717, 1.165) is 10.8 Å². The Hall–Kier alpha value is -4.59. The van der Waals surface area contributed by atoms with Gasteiger partial charge < -0.3 is 9.64 Å². The zero-order chi connectivity index (χ0) is 27.3. The molecule has 0 atom stereocenters. The molecule has 0 radical (unpaired) electrons. The molecule has 188 valence electrons. The van der Waals surface area contributed by atoms with E-state index >= 15 is 0 Å². The summed E-state index contributed by atoms with van der Waals surface area (Å²) in [6.07, 6.45) is 3.07. The summed E-state index contributed by atoms with van der Waals surface area (Å²) in [7, 11) is -4.16. The van der Waals surface area contributed by atoms with Gasteiger partial charge in [0.25, 0.3) is 15.8 Å². The summed E-state index contributed by atoms with van der Waals surface area (Å²) in [6.45, 7) is 7.73. The molecule has 0 bridgehead atoms. The van der Waals surface area contributed by atoms with Crippen LogP contribution >= 0.6 is 11.6 Å². The highest BCUT2D eigenvalue weighted by Crippen LogP contribution is 2.41. The van der Waals surface area contributed by atoms with Gasteiger partial charge in [0.2, 0.25) is 5.88 Å². The molecule has 1 heterocycles. The van der Waals surface area contributed by atoms with Crippen LogP contribution in [0.2, 0.25) is 5.02 Å². The van der Waals surface area contributed by atoms with E-state index in [9.17, 15) is 18.9 Å². The van der Waals surface area contributed by atoms with Gasteiger partial charge in [-0.1, -0.05) is 54.1 Å². The Bertz CT molecular complexity index is 1730. The third-order valence-electron chi connectivity index (χ3n) is 5.77. The summed E-state index contributed by atoms with van der Waals surface area (Å²) < 4.78 is 37.5. The van der Waals surface area contributed by atoms with Crippen LogP contribution in [0.25, 0.3) is 21.2 Å². The van der Waals surface area contributed by atoms with Gasteiger partial charge in [-0.05, 0) is 47.0 Å². The zero-order valence-electron chi connectivity index (χ0n) is 19.8. The highest BCUT2D eigenvalue weighted by atomic mass is 35.5. The normalized spacial score (nSPS) is 14.8. The molecule has 0 fully saturated rings. The van der Waals surface area contributed by atoms with Crippen LogP contribution in [0.4, 0.5) is 5.69 Å². The third-order valence-corrected chi connectivity index (χ3v) is 6.81. The quantitative estimate of drug-likeness (QED) is 0.165. The van der Waals surface area contributed by atoms with Crippen molar-refractivity contribution >= 4 is 43.8 Å². The van der Waals surface area contributed by atoms with Crippen LogP contribution in [0.3, 0.4) is 0 Å². The molecule has 3 aromatic rings. The van der Waals surface area contributed by atoms with Crippen LogP contribution in [0, 0.1) is 29.2 Å². The standard InChI is InChI=1S/C28H19ClN4O4S/c1-32-24(18-31)28(23-9-4-7-19-6-2-3-8-22(19)23)20(17-30)10-13-27-33(14-5-15-38(34,35)36)25-16-21(29)11-12-26(25)37-27/h2-4,6-13,16H,5,14-15H2,(H,34,35,36)/b20-10+,27-13-,28-24-. The molecule has 0 saturated carbocycles. The van der Waals surface area contributed by atoms with Gasteiger partial charge in [-0.15, -0.1) is 0 Å². The number of fused-ring (bicyclic) bond motifs is 2. The first-order valence-corrected chi connectivity index (χ1v) is 13.3. The highest BCUT2D eigenvalue weighted by molar-refractivity contribution is 7.85. The molecular formula is C28H19ClN4O4S. The van der Waals surface area contributed by atoms with Crippen LogP contribution in [0.15, 0.2) is 90.0 Å².